The summed E-state index contributed by atoms with van der Waals surface area (Å²) in [4.78, 5) is 46.1. The Labute approximate surface area is 166 Å². The summed E-state index contributed by atoms with van der Waals surface area (Å²) in [6.45, 7) is 1.38. The molecule has 2 N–H and O–H groups in total. The predicted octanol–water partition coefficient (Wildman–Crippen LogP) is 1.73. The van der Waals surface area contributed by atoms with Gasteiger partial charge < -0.3 is 20.1 Å². The summed E-state index contributed by atoms with van der Waals surface area (Å²) in [5.74, 6) is -2.15. The van der Waals surface area contributed by atoms with E-state index in [0.717, 1.165) is 0 Å². The summed E-state index contributed by atoms with van der Waals surface area (Å²) in [5.41, 5.74) is 0.233. The molecule has 0 spiro atoms. The van der Waals surface area contributed by atoms with Crippen LogP contribution >= 0.6 is 23.2 Å². The van der Waals surface area contributed by atoms with Crippen LogP contribution in [0.4, 0.5) is 0 Å². The fourth-order valence-electron chi connectivity index (χ4n) is 1.83. The van der Waals surface area contributed by atoms with E-state index in [1.165, 1.54) is 18.2 Å². The Kier molecular flexibility index (Phi) is 10.2. The first-order valence-corrected chi connectivity index (χ1v) is 8.90. The van der Waals surface area contributed by atoms with Gasteiger partial charge >= 0.3 is 11.9 Å². The van der Waals surface area contributed by atoms with Crippen LogP contribution in [-0.4, -0.2) is 50.1 Å². The quantitative estimate of drug-likeness (QED) is 0.442. The number of hydrogen-bond donors (Lipinski definition) is 2. The Bertz CT molecular complexity index is 696. The summed E-state index contributed by atoms with van der Waals surface area (Å²) in [7, 11) is 0. The van der Waals surface area contributed by atoms with Gasteiger partial charge in [-0.2, -0.15) is 0 Å². The van der Waals surface area contributed by atoms with Gasteiger partial charge in [0.05, 0.1) is 16.7 Å². The zero-order valence-electron chi connectivity index (χ0n) is 14.7. The van der Waals surface area contributed by atoms with Crippen LogP contribution in [0.2, 0.25) is 10.0 Å². The minimum Gasteiger partial charge on any atom is -0.466 e. The summed E-state index contributed by atoms with van der Waals surface area (Å²) in [6, 6.07) is 4.29. The highest BCUT2D eigenvalue weighted by Gasteiger charge is 2.12. The van der Waals surface area contributed by atoms with Crippen LogP contribution in [0.5, 0.6) is 0 Å². The molecule has 2 amide bonds. The summed E-state index contributed by atoms with van der Waals surface area (Å²) in [5, 5.41) is 5.37. The fraction of sp³-hybridized carbons (Fsp3) is 0.412. The van der Waals surface area contributed by atoms with E-state index < -0.39 is 30.9 Å². The van der Waals surface area contributed by atoms with Crippen LogP contribution in [0.1, 0.15) is 30.1 Å². The van der Waals surface area contributed by atoms with Gasteiger partial charge in [0.2, 0.25) is 0 Å². The molecule has 0 aromatic heterocycles. The Hall–Kier alpha value is -2.32. The van der Waals surface area contributed by atoms with Crippen molar-refractivity contribution in [3.63, 3.8) is 0 Å². The number of amides is 2. The molecular formula is C17H20Cl2N2O6. The maximum Gasteiger partial charge on any atom is 0.325 e. The first-order chi connectivity index (χ1) is 12.8. The summed E-state index contributed by atoms with van der Waals surface area (Å²) >= 11 is 11.6. The smallest absolute Gasteiger partial charge is 0.325 e. The van der Waals surface area contributed by atoms with E-state index in [-0.39, 0.29) is 29.5 Å². The predicted molar refractivity (Wildman–Crippen MR) is 98.6 cm³/mol. The second-order valence-electron chi connectivity index (χ2n) is 5.23. The lowest BCUT2D eigenvalue weighted by atomic mass is 10.2. The lowest BCUT2D eigenvalue weighted by Crippen LogP contribution is -2.34. The van der Waals surface area contributed by atoms with Crippen molar-refractivity contribution in [2.45, 2.75) is 19.8 Å². The molecule has 0 saturated heterocycles. The lowest BCUT2D eigenvalue weighted by molar-refractivity contribution is -0.147. The third kappa shape index (κ3) is 9.25. The third-order valence-corrected chi connectivity index (χ3v) is 3.86. The second kappa shape index (κ2) is 12.1. The summed E-state index contributed by atoms with van der Waals surface area (Å²) < 4.78 is 9.49. The second-order valence-corrected chi connectivity index (χ2v) is 6.05. The maximum absolute atomic E-state index is 11.9. The normalized spacial score (nSPS) is 10.0. The molecule has 0 unspecified atom stereocenters. The van der Waals surface area contributed by atoms with Gasteiger partial charge in [-0.3, -0.25) is 19.2 Å². The Balaban J connectivity index is 2.20. The highest BCUT2D eigenvalue weighted by atomic mass is 35.5. The van der Waals surface area contributed by atoms with Gasteiger partial charge in [0.15, 0.2) is 6.61 Å². The molecule has 0 radical (unpaired) electrons. The fourth-order valence-corrected chi connectivity index (χ4v) is 2.13. The van der Waals surface area contributed by atoms with Crippen molar-refractivity contribution in [3.05, 3.63) is 33.8 Å². The highest BCUT2D eigenvalue weighted by molar-refractivity contribution is 6.42. The van der Waals surface area contributed by atoms with Gasteiger partial charge in [0, 0.05) is 18.5 Å². The number of rotatable bonds is 10. The molecule has 10 heteroatoms. The Morgan fingerprint density at radius 3 is 2.41 bits per heavy atom. The van der Waals surface area contributed by atoms with Crippen LogP contribution in [0.25, 0.3) is 0 Å². The number of benzene rings is 1. The van der Waals surface area contributed by atoms with Crippen molar-refractivity contribution < 1.29 is 28.7 Å². The van der Waals surface area contributed by atoms with Crippen LogP contribution in [0.15, 0.2) is 18.2 Å². The molecule has 8 nitrogen and oxygen atoms in total. The molecular weight excluding hydrogens is 399 g/mol. The molecule has 0 saturated carbocycles. The molecule has 0 fully saturated rings. The lowest BCUT2D eigenvalue weighted by Gasteiger charge is -2.08. The zero-order chi connectivity index (χ0) is 20.2. The van der Waals surface area contributed by atoms with E-state index in [0.29, 0.717) is 18.1 Å². The van der Waals surface area contributed by atoms with E-state index in [1.807, 2.05) is 0 Å². The van der Waals surface area contributed by atoms with Crippen molar-refractivity contribution in [2.75, 3.05) is 26.3 Å². The van der Waals surface area contributed by atoms with Gasteiger partial charge in [-0.15, -0.1) is 0 Å². The van der Waals surface area contributed by atoms with Crippen LogP contribution in [0.3, 0.4) is 0 Å². The maximum atomic E-state index is 11.9. The molecule has 1 rings (SSSR count). The Morgan fingerprint density at radius 1 is 1.00 bits per heavy atom. The number of carbonyl (C=O) groups excluding carboxylic acids is 4. The van der Waals surface area contributed by atoms with Gasteiger partial charge in [-0.05, 0) is 31.5 Å². The molecule has 0 aliphatic heterocycles. The van der Waals surface area contributed by atoms with Gasteiger partial charge in [-0.25, -0.2) is 0 Å². The van der Waals surface area contributed by atoms with E-state index in [1.54, 1.807) is 6.92 Å². The molecule has 1 aromatic rings. The minimum absolute atomic E-state index is 0.189. The molecule has 0 heterocycles. The number of esters is 2. The molecule has 0 atom stereocenters. The molecule has 27 heavy (non-hydrogen) atoms. The largest absolute Gasteiger partial charge is 0.466 e. The Morgan fingerprint density at radius 2 is 1.74 bits per heavy atom. The van der Waals surface area contributed by atoms with Gasteiger partial charge in [0.25, 0.3) is 11.8 Å². The zero-order valence-corrected chi connectivity index (χ0v) is 16.2. The number of carbonyl (C=O) groups is 4. The first-order valence-electron chi connectivity index (χ1n) is 8.14. The SMILES string of the molecule is CCOC(=O)CCCNC(=O)COC(=O)CNC(=O)c1ccc(Cl)c(Cl)c1. The highest BCUT2D eigenvalue weighted by Crippen LogP contribution is 2.22. The number of nitrogens with one attached hydrogen (secondary N) is 2. The van der Waals surface area contributed by atoms with E-state index in [9.17, 15) is 19.2 Å². The number of ether oxygens (including phenoxy) is 2. The molecule has 148 valence electrons. The minimum atomic E-state index is -0.773. The number of halogens is 2. The van der Waals surface area contributed by atoms with Crippen molar-refractivity contribution in [1.82, 2.24) is 10.6 Å². The van der Waals surface area contributed by atoms with E-state index in [4.69, 9.17) is 32.7 Å². The van der Waals surface area contributed by atoms with Gasteiger partial charge in [-0.1, -0.05) is 23.2 Å². The van der Waals surface area contributed by atoms with E-state index in [2.05, 4.69) is 10.6 Å². The summed E-state index contributed by atoms with van der Waals surface area (Å²) in [6.07, 6.45) is 0.604. The molecule has 0 aliphatic rings. The van der Waals surface area contributed by atoms with Crippen LogP contribution in [-0.2, 0) is 23.9 Å². The average molecular weight is 419 g/mol. The van der Waals surface area contributed by atoms with Crippen LogP contribution < -0.4 is 10.6 Å². The monoisotopic (exact) mass is 418 g/mol. The molecule has 0 aliphatic carbocycles. The van der Waals surface area contributed by atoms with Crippen molar-refractivity contribution >= 4 is 47.0 Å². The molecule has 0 bridgehead atoms. The van der Waals surface area contributed by atoms with Crippen molar-refractivity contribution in [2.24, 2.45) is 0 Å². The van der Waals surface area contributed by atoms with Crippen molar-refractivity contribution in [3.8, 4) is 0 Å². The number of hydrogen-bond acceptors (Lipinski definition) is 6. The molecule has 1 aromatic carbocycles. The van der Waals surface area contributed by atoms with Gasteiger partial charge in [0.1, 0.15) is 6.54 Å². The third-order valence-electron chi connectivity index (χ3n) is 3.12. The topological polar surface area (TPSA) is 111 Å². The van der Waals surface area contributed by atoms with E-state index >= 15 is 0 Å². The van der Waals surface area contributed by atoms with Crippen LogP contribution in [0, 0.1) is 0 Å². The average Bonchev–Trinajstić information content (AvgIpc) is 2.64. The standard InChI is InChI=1S/C17H20Cl2N2O6/c1-2-26-15(23)4-3-7-20-14(22)10-27-16(24)9-21-17(25)11-5-6-12(18)13(19)8-11/h5-6,8H,2-4,7,9-10H2,1H3,(H,20,22)(H,21,25). The van der Waals surface area contributed by atoms with Crippen molar-refractivity contribution in [1.29, 1.82) is 0 Å². The first kappa shape index (κ1) is 22.7.